The highest BCUT2D eigenvalue weighted by Gasteiger charge is 2.18. The van der Waals surface area contributed by atoms with Crippen molar-refractivity contribution in [2.24, 2.45) is 0 Å². The monoisotopic (exact) mass is 320 g/mol. The van der Waals surface area contributed by atoms with Crippen LogP contribution >= 0.6 is 11.6 Å². The molecule has 1 atom stereocenters. The van der Waals surface area contributed by atoms with Crippen molar-refractivity contribution < 1.29 is 8.42 Å². The predicted octanol–water partition coefficient (Wildman–Crippen LogP) is 3.25. The summed E-state index contributed by atoms with van der Waals surface area (Å²) >= 11 is 5.90. The van der Waals surface area contributed by atoms with E-state index in [-0.39, 0.29) is 4.90 Å². The Morgan fingerprint density at radius 3 is 2.57 bits per heavy atom. The van der Waals surface area contributed by atoms with Gasteiger partial charge in [-0.3, -0.25) is 0 Å². The molecule has 2 aromatic rings. The van der Waals surface area contributed by atoms with Gasteiger partial charge in [0.25, 0.3) is 0 Å². The van der Waals surface area contributed by atoms with Gasteiger partial charge in [0, 0.05) is 11.1 Å². The van der Waals surface area contributed by atoms with Crippen molar-refractivity contribution in [3.8, 4) is 6.07 Å². The van der Waals surface area contributed by atoms with Crippen LogP contribution in [-0.4, -0.2) is 8.42 Å². The fourth-order valence-corrected chi connectivity index (χ4v) is 3.35. The van der Waals surface area contributed by atoms with Crippen LogP contribution in [0.2, 0.25) is 5.02 Å². The Labute approximate surface area is 129 Å². The van der Waals surface area contributed by atoms with Gasteiger partial charge in [0.15, 0.2) is 0 Å². The van der Waals surface area contributed by atoms with E-state index in [2.05, 4.69) is 4.72 Å². The molecule has 0 spiro atoms. The molecular formula is C15H13ClN2O2S. The molecule has 0 aromatic heterocycles. The molecule has 6 heteroatoms. The number of nitrogens with zero attached hydrogens (tertiary/aromatic N) is 1. The van der Waals surface area contributed by atoms with Gasteiger partial charge in [-0.1, -0.05) is 29.8 Å². The number of halogens is 1. The SMILES string of the molecule is C[C@@H](NS(=O)(=O)c1cccc(C#N)c1)c1cccc(Cl)c1. The number of nitrogens with one attached hydrogen (secondary N) is 1. The number of nitriles is 1. The molecule has 0 saturated carbocycles. The van der Waals surface area contributed by atoms with Crippen molar-refractivity contribution in [2.75, 3.05) is 0 Å². The maximum absolute atomic E-state index is 12.3. The molecule has 21 heavy (non-hydrogen) atoms. The first-order chi connectivity index (χ1) is 9.92. The number of rotatable bonds is 4. The Kier molecular flexibility index (Phi) is 4.63. The molecule has 4 nitrogen and oxygen atoms in total. The molecule has 0 fully saturated rings. The second-order valence-corrected chi connectivity index (χ2v) is 6.69. The molecule has 0 aliphatic heterocycles. The second kappa shape index (κ2) is 6.27. The lowest BCUT2D eigenvalue weighted by Gasteiger charge is -2.15. The van der Waals surface area contributed by atoms with Crippen LogP contribution in [0.3, 0.4) is 0 Å². The lowest BCUT2D eigenvalue weighted by Crippen LogP contribution is -2.26. The van der Waals surface area contributed by atoms with Crippen LogP contribution in [-0.2, 0) is 10.0 Å². The van der Waals surface area contributed by atoms with Crippen molar-refractivity contribution >= 4 is 21.6 Å². The molecule has 0 aliphatic carbocycles. The molecule has 0 heterocycles. The highest BCUT2D eigenvalue weighted by atomic mass is 35.5. The second-order valence-electron chi connectivity index (χ2n) is 4.54. The van der Waals surface area contributed by atoms with Gasteiger partial charge in [-0.15, -0.1) is 0 Å². The number of hydrogen-bond acceptors (Lipinski definition) is 3. The zero-order valence-corrected chi connectivity index (χ0v) is 12.8. The molecule has 0 aliphatic rings. The van der Waals surface area contributed by atoms with Gasteiger partial charge < -0.3 is 0 Å². The van der Waals surface area contributed by atoms with Crippen molar-refractivity contribution in [3.63, 3.8) is 0 Å². The highest BCUT2D eigenvalue weighted by molar-refractivity contribution is 7.89. The minimum Gasteiger partial charge on any atom is -0.207 e. The van der Waals surface area contributed by atoms with E-state index in [9.17, 15) is 8.42 Å². The first kappa shape index (κ1) is 15.5. The Balaban J connectivity index is 2.27. The van der Waals surface area contributed by atoms with Crippen LogP contribution in [0.25, 0.3) is 0 Å². The minimum atomic E-state index is -3.70. The van der Waals surface area contributed by atoms with Crippen molar-refractivity contribution in [3.05, 3.63) is 64.7 Å². The summed E-state index contributed by atoms with van der Waals surface area (Å²) in [5.41, 5.74) is 1.07. The van der Waals surface area contributed by atoms with E-state index in [4.69, 9.17) is 16.9 Å². The molecule has 0 saturated heterocycles. The number of benzene rings is 2. The quantitative estimate of drug-likeness (QED) is 0.940. The highest BCUT2D eigenvalue weighted by Crippen LogP contribution is 2.20. The van der Waals surface area contributed by atoms with Gasteiger partial charge in [0.05, 0.1) is 16.5 Å². The molecule has 0 unspecified atom stereocenters. The molecule has 108 valence electrons. The summed E-state index contributed by atoms with van der Waals surface area (Å²) in [5.74, 6) is 0. The number of sulfonamides is 1. The van der Waals surface area contributed by atoms with E-state index in [0.717, 1.165) is 5.56 Å². The molecule has 0 bridgehead atoms. The summed E-state index contributed by atoms with van der Waals surface area (Å²) in [6.45, 7) is 1.73. The lowest BCUT2D eigenvalue weighted by atomic mass is 10.1. The van der Waals surface area contributed by atoms with E-state index in [1.807, 2.05) is 6.07 Å². The summed E-state index contributed by atoms with van der Waals surface area (Å²) < 4.78 is 27.2. The van der Waals surface area contributed by atoms with Crippen LogP contribution in [0.5, 0.6) is 0 Å². The van der Waals surface area contributed by atoms with E-state index in [1.165, 1.54) is 18.2 Å². The maximum atomic E-state index is 12.3. The van der Waals surface area contributed by atoms with Crippen molar-refractivity contribution in [2.45, 2.75) is 17.9 Å². The largest absolute Gasteiger partial charge is 0.241 e. The van der Waals surface area contributed by atoms with E-state index in [0.29, 0.717) is 10.6 Å². The molecule has 1 N–H and O–H groups in total. The Morgan fingerprint density at radius 1 is 1.19 bits per heavy atom. The van der Waals surface area contributed by atoms with Crippen LogP contribution in [0.1, 0.15) is 24.1 Å². The lowest BCUT2D eigenvalue weighted by molar-refractivity contribution is 0.567. The summed E-state index contributed by atoms with van der Waals surface area (Å²) in [7, 11) is -3.70. The normalized spacial score (nSPS) is 12.6. The minimum absolute atomic E-state index is 0.0652. The van der Waals surface area contributed by atoms with Gasteiger partial charge >= 0.3 is 0 Å². The van der Waals surface area contributed by atoms with Gasteiger partial charge in [0.2, 0.25) is 10.0 Å². The third-order valence-corrected chi connectivity index (χ3v) is 4.73. The first-order valence-electron chi connectivity index (χ1n) is 6.20. The molecule has 0 radical (unpaired) electrons. The van der Waals surface area contributed by atoms with Crippen LogP contribution in [0.4, 0.5) is 0 Å². The zero-order valence-electron chi connectivity index (χ0n) is 11.2. The fraction of sp³-hybridized carbons (Fsp3) is 0.133. The summed E-state index contributed by atoms with van der Waals surface area (Å²) in [6.07, 6.45) is 0. The van der Waals surface area contributed by atoms with Gasteiger partial charge in [-0.25, -0.2) is 13.1 Å². The average molecular weight is 321 g/mol. The Hall–Kier alpha value is -1.87. The summed E-state index contributed by atoms with van der Waals surface area (Å²) in [4.78, 5) is 0.0652. The van der Waals surface area contributed by atoms with Crippen molar-refractivity contribution in [1.82, 2.24) is 4.72 Å². The molecule has 2 aromatic carbocycles. The molecule has 2 rings (SSSR count). The van der Waals surface area contributed by atoms with Gasteiger partial charge in [-0.05, 0) is 42.8 Å². The van der Waals surface area contributed by atoms with Crippen LogP contribution in [0, 0.1) is 11.3 Å². The van der Waals surface area contributed by atoms with Crippen LogP contribution < -0.4 is 4.72 Å². The summed E-state index contributed by atoms with van der Waals surface area (Å²) in [5, 5.41) is 9.38. The first-order valence-corrected chi connectivity index (χ1v) is 8.06. The predicted molar refractivity (Wildman–Crippen MR) is 81.3 cm³/mol. The van der Waals surface area contributed by atoms with E-state index >= 15 is 0 Å². The number of hydrogen-bond donors (Lipinski definition) is 1. The zero-order chi connectivity index (χ0) is 15.5. The molecular weight excluding hydrogens is 308 g/mol. The maximum Gasteiger partial charge on any atom is 0.241 e. The van der Waals surface area contributed by atoms with Gasteiger partial charge in [0.1, 0.15) is 0 Å². The third kappa shape index (κ3) is 3.82. The molecule has 0 amide bonds. The standard InChI is InChI=1S/C15H13ClN2O2S/c1-11(13-5-3-6-14(16)9-13)18-21(19,20)15-7-2-4-12(8-15)10-17/h2-9,11,18H,1H3/t11-/m1/s1. The smallest absolute Gasteiger partial charge is 0.207 e. The third-order valence-electron chi connectivity index (χ3n) is 2.95. The Morgan fingerprint density at radius 2 is 1.90 bits per heavy atom. The Bertz CT molecular complexity index is 797. The van der Waals surface area contributed by atoms with Gasteiger partial charge in [-0.2, -0.15) is 5.26 Å². The average Bonchev–Trinajstić information content (AvgIpc) is 2.47. The topological polar surface area (TPSA) is 70.0 Å². The van der Waals surface area contributed by atoms with Crippen molar-refractivity contribution in [1.29, 1.82) is 5.26 Å². The summed E-state index contributed by atoms with van der Waals surface area (Å²) in [6, 6.07) is 14.4. The van der Waals surface area contributed by atoms with Crippen LogP contribution in [0.15, 0.2) is 53.4 Å². The van der Waals surface area contributed by atoms with E-state index < -0.39 is 16.1 Å². The fourth-order valence-electron chi connectivity index (χ4n) is 1.88. The van der Waals surface area contributed by atoms with E-state index in [1.54, 1.807) is 37.3 Å².